The minimum absolute atomic E-state index is 0.000743. The van der Waals surface area contributed by atoms with Crippen LogP contribution in [0.5, 0.6) is 0 Å². The number of hydrogen-bond acceptors (Lipinski definition) is 4. The number of sulfonamides is 1. The normalized spacial score (nSPS) is 19.5. The molecular formula is C21H23NO3S2. The lowest BCUT2D eigenvalue weighted by Crippen LogP contribution is -2.29. The Morgan fingerprint density at radius 2 is 1.81 bits per heavy atom. The molecule has 0 N–H and O–H groups in total. The van der Waals surface area contributed by atoms with Crippen LogP contribution in [0.1, 0.15) is 18.1 Å². The molecule has 2 aromatic rings. The maximum Gasteiger partial charge on any atom is 0.243 e. The van der Waals surface area contributed by atoms with Crippen molar-refractivity contribution in [3.63, 3.8) is 0 Å². The van der Waals surface area contributed by atoms with E-state index < -0.39 is 10.0 Å². The highest BCUT2D eigenvalue weighted by Crippen LogP contribution is 2.32. The number of carbonyl (C=O) groups is 1. The fourth-order valence-corrected chi connectivity index (χ4v) is 5.25. The molecule has 0 aromatic heterocycles. The molecule has 0 amide bonds. The van der Waals surface area contributed by atoms with Crippen LogP contribution in [-0.4, -0.2) is 30.9 Å². The van der Waals surface area contributed by atoms with Crippen LogP contribution in [0.15, 0.2) is 70.5 Å². The van der Waals surface area contributed by atoms with Crippen LogP contribution in [0, 0.1) is 12.8 Å². The molecule has 1 unspecified atom stereocenters. The summed E-state index contributed by atoms with van der Waals surface area (Å²) in [4.78, 5) is 11.7. The van der Waals surface area contributed by atoms with Crippen molar-refractivity contribution in [3.05, 3.63) is 76.7 Å². The fraction of sp³-hybridized carbons (Fsp3) is 0.286. The van der Waals surface area contributed by atoms with Crippen molar-refractivity contribution >= 4 is 26.9 Å². The third-order valence-electron chi connectivity index (χ3n) is 4.67. The van der Waals surface area contributed by atoms with Crippen molar-refractivity contribution < 1.29 is 13.2 Å². The van der Waals surface area contributed by atoms with E-state index >= 15 is 0 Å². The van der Waals surface area contributed by atoms with E-state index in [2.05, 4.69) is 0 Å². The van der Waals surface area contributed by atoms with Crippen LogP contribution >= 0.6 is 11.8 Å². The Labute approximate surface area is 165 Å². The smallest absolute Gasteiger partial charge is 0.243 e. The highest BCUT2D eigenvalue weighted by molar-refractivity contribution is 8.16. The molecule has 0 radical (unpaired) electrons. The van der Waals surface area contributed by atoms with Gasteiger partial charge < -0.3 is 0 Å². The first-order chi connectivity index (χ1) is 12.9. The zero-order chi connectivity index (χ0) is 19.4. The van der Waals surface area contributed by atoms with Crippen molar-refractivity contribution in [2.75, 3.05) is 13.1 Å². The van der Waals surface area contributed by atoms with Gasteiger partial charge in [-0.3, -0.25) is 4.79 Å². The van der Waals surface area contributed by atoms with Crippen molar-refractivity contribution in [3.8, 4) is 0 Å². The van der Waals surface area contributed by atoms with Crippen LogP contribution < -0.4 is 0 Å². The Hall–Kier alpha value is -1.89. The first-order valence-corrected chi connectivity index (χ1v) is 11.1. The summed E-state index contributed by atoms with van der Waals surface area (Å²) < 4.78 is 27.6. The highest BCUT2D eigenvalue weighted by atomic mass is 32.2. The standard InChI is InChI=1S/C21H23NO3S2/c1-16-8-10-21(11-9-16)27(24,25)22-13-19(12-18-6-4-3-5-7-18)20(14-22)15-26-17(2)23/h3-11,15,19H,12-14H2,1-2H3/b20-15+. The Morgan fingerprint density at radius 3 is 2.44 bits per heavy atom. The Bertz CT molecular complexity index is 935. The lowest BCUT2D eigenvalue weighted by molar-refractivity contribution is -0.109. The average Bonchev–Trinajstić information content (AvgIpc) is 3.05. The van der Waals surface area contributed by atoms with Crippen molar-refractivity contribution in [1.82, 2.24) is 4.31 Å². The van der Waals surface area contributed by atoms with E-state index in [4.69, 9.17) is 0 Å². The average molecular weight is 402 g/mol. The second kappa shape index (κ2) is 8.42. The van der Waals surface area contributed by atoms with E-state index in [1.54, 1.807) is 12.1 Å². The van der Waals surface area contributed by atoms with E-state index in [-0.39, 0.29) is 11.0 Å². The molecule has 2 aromatic carbocycles. The number of nitrogens with zero attached hydrogens (tertiary/aromatic N) is 1. The third kappa shape index (κ3) is 4.89. The molecule has 6 heteroatoms. The maximum absolute atomic E-state index is 13.1. The van der Waals surface area contributed by atoms with E-state index in [0.29, 0.717) is 18.0 Å². The van der Waals surface area contributed by atoms with Crippen LogP contribution in [0.2, 0.25) is 0 Å². The van der Waals surface area contributed by atoms with Crippen molar-refractivity contribution in [2.24, 2.45) is 5.92 Å². The molecular weight excluding hydrogens is 378 g/mol. The summed E-state index contributed by atoms with van der Waals surface area (Å²) in [5.41, 5.74) is 3.18. The second-order valence-electron chi connectivity index (χ2n) is 6.80. The number of benzene rings is 2. The first-order valence-electron chi connectivity index (χ1n) is 8.83. The molecule has 1 saturated heterocycles. The summed E-state index contributed by atoms with van der Waals surface area (Å²) in [5, 5.41) is 1.83. The molecule has 4 nitrogen and oxygen atoms in total. The van der Waals surface area contributed by atoms with Gasteiger partial charge in [-0.1, -0.05) is 59.8 Å². The van der Waals surface area contributed by atoms with Gasteiger partial charge in [0.15, 0.2) is 5.12 Å². The van der Waals surface area contributed by atoms with E-state index in [9.17, 15) is 13.2 Å². The molecule has 1 aliphatic heterocycles. The van der Waals surface area contributed by atoms with Crippen LogP contribution in [0.4, 0.5) is 0 Å². The molecule has 1 fully saturated rings. The topological polar surface area (TPSA) is 54.5 Å². The molecule has 0 spiro atoms. The quantitative estimate of drug-likeness (QED) is 0.759. The minimum atomic E-state index is -3.55. The van der Waals surface area contributed by atoms with E-state index in [1.807, 2.05) is 54.8 Å². The van der Waals surface area contributed by atoms with Gasteiger partial charge in [-0.05, 0) is 47.9 Å². The summed E-state index contributed by atoms with van der Waals surface area (Å²) >= 11 is 1.13. The molecule has 0 aliphatic carbocycles. The largest absolute Gasteiger partial charge is 0.287 e. The predicted octanol–water partition coefficient (Wildman–Crippen LogP) is 4.02. The van der Waals surface area contributed by atoms with Gasteiger partial charge in [0.2, 0.25) is 10.0 Å². The Kier molecular flexibility index (Phi) is 6.19. The first kappa shape index (κ1) is 19.9. The molecule has 27 heavy (non-hydrogen) atoms. The highest BCUT2D eigenvalue weighted by Gasteiger charge is 2.35. The Morgan fingerprint density at radius 1 is 1.15 bits per heavy atom. The zero-order valence-corrected chi connectivity index (χ0v) is 17.1. The van der Waals surface area contributed by atoms with Crippen LogP contribution in [-0.2, 0) is 21.2 Å². The Balaban J connectivity index is 1.86. The van der Waals surface area contributed by atoms with Gasteiger partial charge in [0.25, 0.3) is 0 Å². The van der Waals surface area contributed by atoms with Gasteiger partial charge in [-0.2, -0.15) is 4.31 Å². The van der Waals surface area contributed by atoms with Gasteiger partial charge in [0.1, 0.15) is 0 Å². The van der Waals surface area contributed by atoms with Gasteiger partial charge >= 0.3 is 0 Å². The molecule has 0 bridgehead atoms. The summed E-state index contributed by atoms with van der Waals surface area (Å²) in [5.74, 6) is 0.0690. The fourth-order valence-electron chi connectivity index (χ4n) is 3.19. The summed E-state index contributed by atoms with van der Waals surface area (Å²) in [6.07, 6.45) is 0.755. The number of thioether (sulfide) groups is 1. The molecule has 1 atom stereocenters. The monoisotopic (exact) mass is 401 g/mol. The van der Waals surface area contributed by atoms with Crippen LogP contribution in [0.25, 0.3) is 0 Å². The van der Waals surface area contributed by atoms with Gasteiger partial charge in [-0.15, -0.1) is 0 Å². The predicted molar refractivity (Wildman–Crippen MR) is 110 cm³/mol. The maximum atomic E-state index is 13.1. The van der Waals surface area contributed by atoms with Gasteiger partial charge in [0, 0.05) is 20.0 Å². The van der Waals surface area contributed by atoms with Crippen molar-refractivity contribution in [1.29, 1.82) is 0 Å². The second-order valence-corrected chi connectivity index (χ2v) is 9.78. The lowest BCUT2D eigenvalue weighted by Gasteiger charge is -2.16. The number of aryl methyl sites for hydroxylation is 1. The van der Waals surface area contributed by atoms with Gasteiger partial charge in [-0.25, -0.2) is 8.42 Å². The summed E-state index contributed by atoms with van der Waals surface area (Å²) in [7, 11) is -3.55. The summed E-state index contributed by atoms with van der Waals surface area (Å²) in [6.45, 7) is 4.20. The van der Waals surface area contributed by atoms with E-state index in [1.165, 1.54) is 11.2 Å². The minimum Gasteiger partial charge on any atom is -0.287 e. The number of hydrogen-bond donors (Lipinski definition) is 0. The molecule has 3 rings (SSSR count). The summed E-state index contributed by atoms with van der Waals surface area (Å²) in [6, 6.07) is 17.0. The third-order valence-corrected chi connectivity index (χ3v) is 7.25. The molecule has 1 aliphatic rings. The molecule has 142 valence electrons. The number of rotatable bonds is 5. The zero-order valence-electron chi connectivity index (χ0n) is 15.5. The molecule has 0 saturated carbocycles. The van der Waals surface area contributed by atoms with Gasteiger partial charge in [0.05, 0.1) is 4.90 Å². The van der Waals surface area contributed by atoms with Crippen molar-refractivity contribution in [2.45, 2.75) is 25.2 Å². The number of carbonyl (C=O) groups excluding carboxylic acids is 1. The lowest BCUT2D eigenvalue weighted by atomic mass is 9.95. The van der Waals surface area contributed by atoms with Crippen LogP contribution in [0.3, 0.4) is 0 Å². The van der Waals surface area contributed by atoms with E-state index in [0.717, 1.165) is 34.9 Å². The molecule has 1 heterocycles. The SMILES string of the molecule is CC(=O)S/C=C1\CN(S(=O)(=O)c2ccc(C)cc2)CC1Cc1ccccc1.